The van der Waals surface area contributed by atoms with Crippen LogP contribution in [0.1, 0.15) is 49.0 Å². The number of pyridine rings is 1. The Morgan fingerprint density at radius 1 is 1.21 bits per heavy atom. The quantitative estimate of drug-likeness (QED) is 0.798. The summed E-state index contributed by atoms with van der Waals surface area (Å²) in [5.41, 5.74) is 1.32. The Bertz CT molecular complexity index is 763. The normalized spacial score (nSPS) is 19.5. The van der Waals surface area contributed by atoms with Gasteiger partial charge in [0, 0.05) is 37.8 Å². The van der Waals surface area contributed by atoms with Gasteiger partial charge in [0.1, 0.15) is 5.82 Å². The lowest BCUT2D eigenvalue weighted by Gasteiger charge is -2.42. The standard InChI is InChI=1S/C23H31N3O2/c1-3-14-25(4-2)21-12-11-19(16-24-21)22(28)26-15-8-13-23(17-26,18-27)20-9-6-5-7-10-20/h5-7,9-12,16,27H,3-4,8,13-15,17-18H2,1-2H3. The molecule has 1 aromatic heterocycles. The van der Waals surface area contributed by atoms with Gasteiger partial charge in [-0.2, -0.15) is 0 Å². The van der Waals surface area contributed by atoms with Gasteiger partial charge in [0.25, 0.3) is 5.91 Å². The third-order valence-corrected chi connectivity index (χ3v) is 5.75. The van der Waals surface area contributed by atoms with E-state index in [-0.39, 0.29) is 17.9 Å². The monoisotopic (exact) mass is 381 g/mol. The summed E-state index contributed by atoms with van der Waals surface area (Å²) in [4.78, 5) is 21.7. The molecule has 0 aliphatic carbocycles. The highest BCUT2D eigenvalue weighted by Gasteiger charge is 2.38. The summed E-state index contributed by atoms with van der Waals surface area (Å²) in [6, 6.07) is 13.9. The Kier molecular flexibility index (Phi) is 6.68. The van der Waals surface area contributed by atoms with Crippen LogP contribution in [0.3, 0.4) is 0 Å². The Morgan fingerprint density at radius 2 is 2.00 bits per heavy atom. The first-order valence-corrected chi connectivity index (χ1v) is 10.3. The van der Waals surface area contributed by atoms with E-state index in [0.29, 0.717) is 18.7 Å². The van der Waals surface area contributed by atoms with E-state index in [2.05, 4.69) is 23.7 Å². The molecule has 5 nitrogen and oxygen atoms in total. The first kappa shape index (κ1) is 20.3. The van der Waals surface area contributed by atoms with Crippen LogP contribution in [0.5, 0.6) is 0 Å². The van der Waals surface area contributed by atoms with Crippen LogP contribution in [0.15, 0.2) is 48.7 Å². The van der Waals surface area contributed by atoms with Gasteiger partial charge in [0.2, 0.25) is 0 Å². The second-order valence-electron chi connectivity index (χ2n) is 7.62. The predicted molar refractivity (Wildman–Crippen MR) is 113 cm³/mol. The summed E-state index contributed by atoms with van der Waals surface area (Å²) in [6.45, 7) is 7.41. The Hall–Kier alpha value is -2.40. The summed E-state index contributed by atoms with van der Waals surface area (Å²) < 4.78 is 0. The highest BCUT2D eigenvalue weighted by molar-refractivity contribution is 5.94. The second-order valence-corrected chi connectivity index (χ2v) is 7.62. The number of likely N-dealkylation sites (tertiary alicyclic amines) is 1. The molecule has 0 saturated carbocycles. The first-order chi connectivity index (χ1) is 13.6. The number of carbonyl (C=O) groups is 1. The number of piperidine rings is 1. The van der Waals surface area contributed by atoms with Crippen molar-refractivity contribution < 1.29 is 9.90 Å². The van der Waals surface area contributed by atoms with E-state index in [4.69, 9.17) is 0 Å². The molecule has 150 valence electrons. The van der Waals surface area contributed by atoms with Crippen LogP contribution in [-0.4, -0.2) is 53.7 Å². The summed E-state index contributed by atoms with van der Waals surface area (Å²) in [5.74, 6) is 0.902. The zero-order chi connectivity index (χ0) is 20.0. The molecular formula is C23H31N3O2. The molecule has 1 amide bonds. The van der Waals surface area contributed by atoms with Crippen molar-refractivity contribution in [2.45, 2.75) is 38.5 Å². The SMILES string of the molecule is CCCN(CC)c1ccc(C(=O)N2CCCC(CO)(c3ccccc3)C2)cn1. The van der Waals surface area contributed by atoms with Crippen LogP contribution in [0, 0.1) is 0 Å². The van der Waals surface area contributed by atoms with Gasteiger partial charge in [0.05, 0.1) is 12.2 Å². The number of hydrogen-bond acceptors (Lipinski definition) is 4. The van der Waals surface area contributed by atoms with E-state index in [0.717, 1.165) is 43.7 Å². The zero-order valence-corrected chi connectivity index (χ0v) is 17.0. The molecule has 5 heteroatoms. The van der Waals surface area contributed by atoms with Crippen molar-refractivity contribution in [2.75, 3.05) is 37.7 Å². The Labute approximate surface area is 168 Å². The average Bonchev–Trinajstić information content (AvgIpc) is 2.77. The van der Waals surface area contributed by atoms with E-state index < -0.39 is 0 Å². The van der Waals surface area contributed by atoms with E-state index in [1.165, 1.54) is 0 Å². The van der Waals surface area contributed by atoms with Crippen LogP contribution < -0.4 is 4.90 Å². The molecular weight excluding hydrogens is 350 g/mol. The van der Waals surface area contributed by atoms with Gasteiger partial charge in [-0.1, -0.05) is 37.3 Å². The van der Waals surface area contributed by atoms with E-state index in [1.54, 1.807) is 6.20 Å². The highest BCUT2D eigenvalue weighted by Crippen LogP contribution is 2.34. The molecule has 1 aromatic carbocycles. The fourth-order valence-electron chi connectivity index (χ4n) is 4.14. The van der Waals surface area contributed by atoms with Crippen molar-refractivity contribution in [3.63, 3.8) is 0 Å². The van der Waals surface area contributed by atoms with Crippen molar-refractivity contribution in [2.24, 2.45) is 0 Å². The summed E-state index contributed by atoms with van der Waals surface area (Å²) in [5, 5.41) is 10.2. The Morgan fingerprint density at radius 3 is 2.61 bits per heavy atom. The van der Waals surface area contributed by atoms with Crippen LogP contribution in [0.25, 0.3) is 0 Å². The largest absolute Gasteiger partial charge is 0.395 e. The average molecular weight is 382 g/mol. The fourth-order valence-corrected chi connectivity index (χ4v) is 4.14. The van der Waals surface area contributed by atoms with Gasteiger partial charge < -0.3 is 14.9 Å². The molecule has 3 rings (SSSR count). The topological polar surface area (TPSA) is 56.7 Å². The van der Waals surface area contributed by atoms with Gasteiger partial charge >= 0.3 is 0 Å². The summed E-state index contributed by atoms with van der Waals surface area (Å²) >= 11 is 0. The third-order valence-electron chi connectivity index (χ3n) is 5.75. The molecule has 1 unspecified atom stereocenters. The number of aromatic nitrogens is 1. The lowest BCUT2D eigenvalue weighted by Crippen LogP contribution is -2.50. The number of rotatable bonds is 7. The lowest BCUT2D eigenvalue weighted by molar-refractivity contribution is 0.0543. The van der Waals surface area contributed by atoms with Gasteiger partial charge in [-0.25, -0.2) is 4.98 Å². The maximum Gasteiger partial charge on any atom is 0.255 e. The predicted octanol–water partition coefficient (Wildman–Crippen LogP) is 3.48. The number of aliphatic hydroxyl groups is 1. The van der Waals surface area contributed by atoms with Crippen molar-refractivity contribution in [3.8, 4) is 0 Å². The van der Waals surface area contributed by atoms with Crippen LogP contribution in [0.2, 0.25) is 0 Å². The van der Waals surface area contributed by atoms with Crippen molar-refractivity contribution in [1.82, 2.24) is 9.88 Å². The van der Waals surface area contributed by atoms with Gasteiger partial charge in [0.15, 0.2) is 0 Å². The lowest BCUT2D eigenvalue weighted by atomic mass is 9.74. The fraction of sp³-hybridized carbons (Fsp3) is 0.478. The van der Waals surface area contributed by atoms with Crippen LogP contribution in [0.4, 0.5) is 5.82 Å². The van der Waals surface area contributed by atoms with Gasteiger partial charge in [-0.05, 0) is 43.9 Å². The molecule has 1 saturated heterocycles. The number of carbonyl (C=O) groups excluding carboxylic acids is 1. The number of aliphatic hydroxyl groups excluding tert-OH is 1. The van der Waals surface area contributed by atoms with Gasteiger partial charge in [-0.3, -0.25) is 4.79 Å². The Balaban J connectivity index is 1.77. The molecule has 1 fully saturated rings. The van der Waals surface area contributed by atoms with E-state index in [1.807, 2.05) is 47.4 Å². The number of amides is 1. The van der Waals surface area contributed by atoms with Gasteiger partial charge in [-0.15, -0.1) is 0 Å². The number of benzene rings is 1. The molecule has 1 aliphatic heterocycles. The molecule has 28 heavy (non-hydrogen) atoms. The molecule has 0 radical (unpaired) electrons. The zero-order valence-electron chi connectivity index (χ0n) is 17.0. The summed E-state index contributed by atoms with van der Waals surface area (Å²) in [6.07, 6.45) is 4.52. The van der Waals surface area contributed by atoms with E-state index in [9.17, 15) is 9.90 Å². The number of nitrogens with zero attached hydrogens (tertiary/aromatic N) is 3. The maximum atomic E-state index is 13.1. The first-order valence-electron chi connectivity index (χ1n) is 10.3. The molecule has 0 bridgehead atoms. The number of hydrogen-bond donors (Lipinski definition) is 1. The molecule has 1 N–H and O–H groups in total. The molecule has 2 aromatic rings. The summed E-state index contributed by atoms with van der Waals surface area (Å²) in [7, 11) is 0. The van der Waals surface area contributed by atoms with Crippen molar-refractivity contribution >= 4 is 11.7 Å². The minimum Gasteiger partial charge on any atom is -0.395 e. The van der Waals surface area contributed by atoms with Crippen LogP contribution in [-0.2, 0) is 5.41 Å². The van der Waals surface area contributed by atoms with E-state index >= 15 is 0 Å². The highest BCUT2D eigenvalue weighted by atomic mass is 16.3. The van der Waals surface area contributed by atoms with Crippen molar-refractivity contribution in [1.29, 1.82) is 0 Å². The minimum absolute atomic E-state index is 0.00829. The molecule has 0 spiro atoms. The molecule has 1 aliphatic rings. The van der Waals surface area contributed by atoms with Crippen LogP contribution >= 0.6 is 0 Å². The minimum atomic E-state index is -0.386. The number of anilines is 1. The smallest absolute Gasteiger partial charge is 0.255 e. The third kappa shape index (κ3) is 4.20. The molecule has 1 atom stereocenters. The van der Waals surface area contributed by atoms with Crippen molar-refractivity contribution in [3.05, 3.63) is 59.8 Å². The maximum absolute atomic E-state index is 13.1. The molecule has 2 heterocycles. The second kappa shape index (κ2) is 9.20.